The van der Waals surface area contributed by atoms with E-state index in [2.05, 4.69) is 0 Å². The lowest BCUT2D eigenvalue weighted by atomic mass is 9.93. The van der Waals surface area contributed by atoms with Crippen LogP contribution in [-0.4, -0.2) is 27.9 Å². The van der Waals surface area contributed by atoms with Gasteiger partial charge in [-0.05, 0) is 48.4 Å². The topological polar surface area (TPSA) is 57.6 Å². The number of aliphatic carboxylic acids is 1. The highest BCUT2D eigenvalue weighted by Gasteiger charge is 2.35. The molecule has 1 N–H and O–H groups in total. The fourth-order valence-electron chi connectivity index (χ4n) is 3.69. The molecule has 1 aromatic carbocycles. The summed E-state index contributed by atoms with van der Waals surface area (Å²) in [6.07, 6.45) is 4.80. The molecular weight excluding hydrogens is 322 g/mol. The standard InChI is InChI=1S/C19H19NO3S/c21-18(17-10-13-6-3-4-8-16(13)24-17)20-11-14-7-2-1-5-12(14)9-15(20)19(22)23/h1-2,5,7,10,15H,3-4,6,8-9,11H2,(H,22,23). The summed E-state index contributed by atoms with van der Waals surface area (Å²) in [5, 5.41) is 9.60. The van der Waals surface area contributed by atoms with Gasteiger partial charge in [0, 0.05) is 17.8 Å². The van der Waals surface area contributed by atoms with Crippen LogP contribution in [-0.2, 0) is 30.6 Å². The molecule has 0 bridgehead atoms. The van der Waals surface area contributed by atoms with E-state index in [0.717, 1.165) is 24.0 Å². The number of thiophene rings is 1. The first-order valence-electron chi connectivity index (χ1n) is 8.35. The minimum Gasteiger partial charge on any atom is -0.480 e. The first-order valence-corrected chi connectivity index (χ1v) is 9.17. The molecule has 1 amide bonds. The zero-order valence-electron chi connectivity index (χ0n) is 13.3. The van der Waals surface area contributed by atoms with Crippen molar-refractivity contribution in [3.8, 4) is 0 Å². The van der Waals surface area contributed by atoms with Gasteiger partial charge >= 0.3 is 5.97 Å². The third-order valence-electron chi connectivity index (χ3n) is 5.00. The maximum Gasteiger partial charge on any atom is 0.326 e. The van der Waals surface area contributed by atoms with E-state index in [0.29, 0.717) is 17.8 Å². The van der Waals surface area contributed by atoms with Gasteiger partial charge in [0.2, 0.25) is 0 Å². The Kier molecular flexibility index (Phi) is 3.88. The second kappa shape index (κ2) is 6.06. The molecule has 0 radical (unpaired) electrons. The summed E-state index contributed by atoms with van der Waals surface area (Å²) in [4.78, 5) is 28.2. The maximum atomic E-state index is 13.0. The Hall–Kier alpha value is -2.14. The third kappa shape index (κ3) is 2.63. The summed E-state index contributed by atoms with van der Waals surface area (Å²) in [5.74, 6) is -1.07. The molecule has 0 fully saturated rings. The molecule has 2 aromatic rings. The third-order valence-corrected chi connectivity index (χ3v) is 6.23. The minimum atomic E-state index is -0.931. The maximum absolute atomic E-state index is 13.0. The van der Waals surface area contributed by atoms with Crippen molar-refractivity contribution in [2.24, 2.45) is 0 Å². The summed E-state index contributed by atoms with van der Waals surface area (Å²) in [6.45, 7) is 0.370. The average molecular weight is 341 g/mol. The molecular formula is C19H19NO3S. The van der Waals surface area contributed by atoms with E-state index in [1.54, 1.807) is 11.3 Å². The number of carbonyl (C=O) groups is 2. The van der Waals surface area contributed by atoms with Gasteiger partial charge in [0.1, 0.15) is 6.04 Å². The molecule has 0 spiro atoms. The number of fused-ring (bicyclic) bond motifs is 2. The molecule has 2 aliphatic rings. The van der Waals surface area contributed by atoms with E-state index >= 15 is 0 Å². The van der Waals surface area contributed by atoms with Gasteiger partial charge in [0.05, 0.1) is 4.88 Å². The summed E-state index contributed by atoms with van der Waals surface area (Å²) < 4.78 is 0. The summed E-state index contributed by atoms with van der Waals surface area (Å²) >= 11 is 1.55. The van der Waals surface area contributed by atoms with Crippen molar-refractivity contribution < 1.29 is 14.7 Å². The molecule has 0 saturated carbocycles. The lowest BCUT2D eigenvalue weighted by Crippen LogP contribution is -2.48. The highest BCUT2D eigenvalue weighted by Crippen LogP contribution is 2.32. The second-order valence-corrected chi connectivity index (χ2v) is 7.66. The molecule has 124 valence electrons. The zero-order chi connectivity index (χ0) is 16.7. The SMILES string of the molecule is O=C(O)C1Cc2ccccc2CN1C(=O)c1cc2c(s1)CCCC2. The van der Waals surface area contributed by atoms with Crippen molar-refractivity contribution in [3.05, 3.63) is 56.8 Å². The summed E-state index contributed by atoms with van der Waals surface area (Å²) in [7, 11) is 0. The molecule has 1 aromatic heterocycles. The number of carbonyl (C=O) groups excluding carboxylic acids is 1. The van der Waals surface area contributed by atoms with Crippen molar-refractivity contribution in [1.29, 1.82) is 0 Å². The van der Waals surface area contributed by atoms with Gasteiger partial charge in [0.15, 0.2) is 0 Å². The van der Waals surface area contributed by atoms with Crippen LogP contribution in [0.15, 0.2) is 30.3 Å². The van der Waals surface area contributed by atoms with Gasteiger partial charge in [-0.25, -0.2) is 4.79 Å². The van der Waals surface area contributed by atoms with Crippen molar-refractivity contribution in [1.82, 2.24) is 4.90 Å². The predicted octanol–water partition coefficient (Wildman–Crippen LogP) is 3.28. The Labute approximate surface area is 144 Å². The lowest BCUT2D eigenvalue weighted by molar-refractivity contribution is -0.142. The molecule has 2 heterocycles. The quantitative estimate of drug-likeness (QED) is 0.912. The highest BCUT2D eigenvalue weighted by atomic mass is 32.1. The first-order chi connectivity index (χ1) is 11.6. The Morgan fingerprint density at radius 3 is 2.58 bits per heavy atom. The van der Waals surface area contributed by atoms with Crippen molar-refractivity contribution in [2.75, 3.05) is 0 Å². The average Bonchev–Trinajstić information content (AvgIpc) is 3.04. The number of carboxylic acids is 1. The number of nitrogens with zero attached hydrogens (tertiary/aromatic N) is 1. The Morgan fingerprint density at radius 2 is 1.83 bits per heavy atom. The molecule has 5 heteroatoms. The van der Waals surface area contributed by atoms with E-state index in [4.69, 9.17) is 0 Å². The molecule has 4 nitrogen and oxygen atoms in total. The normalized spacial score (nSPS) is 19.5. The number of carboxylic acid groups (broad SMARTS) is 1. The highest BCUT2D eigenvalue weighted by molar-refractivity contribution is 7.14. The van der Waals surface area contributed by atoms with Crippen LogP contribution in [0.2, 0.25) is 0 Å². The zero-order valence-corrected chi connectivity index (χ0v) is 14.1. The van der Waals surface area contributed by atoms with Gasteiger partial charge < -0.3 is 10.0 Å². The summed E-state index contributed by atoms with van der Waals surface area (Å²) in [6, 6.07) is 8.99. The molecule has 1 atom stereocenters. The van der Waals surface area contributed by atoms with Crippen molar-refractivity contribution >= 4 is 23.2 Å². The van der Waals surface area contributed by atoms with Crippen molar-refractivity contribution in [2.45, 2.75) is 44.7 Å². The van der Waals surface area contributed by atoms with Crippen LogP contribution >= 0.6 is 11.3 Å². The molecule has 24 heavy (non-hydrogen) atoms. The molecule has 4 rings (SSSR count). The predicted molar refractivity (Wildman–Crippen MR) is 92.4 cm³/mol. The monoisotopic (exact) mass is 341 g/mol. The fraction of sp³-hybridized carbons (Fsp3) is 0.368. The number of hydrogen-bond donors (Lipinski definition) is 1. The van der Waals surface area contributed by atoms with Crippen LogP contribution in [0.1, 0.15) is 44.1 Å². The second-order valence-electron chi connectivity index (χ2n) is 6.53. The van der Waals surface area contributed by atoms with Crippen molar-refractivity contribution in [3.63, 3.8) is 0 Å². The van der Waals surface area contributed by atoms with Crippen LogP contribution in [0, 0.1) is 0 Å². The molecule has 1 unspecified atom stereocenters. The van der Waals surface area contributed by atoms with Crippen LogP contribution in [0.4, 0.5) is 0 Å². The smallest absolute Gasteiger partial charge is 0.326 e. The molecule has 0 saturated heterocycles. The van der Waals surface area contributed by atoms with Gasteiger partial charge in [-0.1, -0.05) is 24.3 Å². The number of aryl methyl sites for hydroxylation is 2. The fourth-order valence-corrected chi connectivity index (χ4v) is 4.90. The van der Waals surface area contributed by atoms with E-state index in [1.165, 1.54) is 28.2 Å². The van der Waals surface area contributed by atoms with Crippen LogP contribution in [0.5, 0.6) is 0 Å². The van der Waals surface area contributed by atoms with Gasteiger partial charge in [-0.15, -0.1) is 11.3 Å². The molecule has 1 aliphatic heterocycles. The number of amides is 1. The Bertz CT molecular complexity index is 787. The summed E-state index contributed by atoms with van der Waals surface area (Å²) in [5.41, 5.74) is 3.35. The van der Waals surface area contributed by atoms with Crippen LogP contribution in [0.25, 0.3) is 0 Å². The Balaban J connectivity index is 1.67. The minimum absolute atomic E-state index is 0.142. The van der Waals surface area contributed by atoms with Gasteiger partial charge in [-0.2, -0.15) is 0 Å². The lowest BCUT2D eigenvalue weighted by Gasteiger charge is -2.34. The van der Waals surface area contributed by atoms with E-state index < -0.39 is 12.0 Å². The molecule has 1 aliphatic carbocycles. The Morgan fingerprint density at radius 1 is 1.08 bits per heavy atom. The van der Waals surface area contributed by atoms with E-state index in [9.17, 15) is 14.7 Å². The largest absolute Gasteiger partial charge is 0.480 e. The number of rotatable bonds is 2. The van der Waals surface area contributed by atoms with Crippen LogP contribution < -0.4 is 0 Å². The van der Waals surface area contributed by atoms with Crippen LogP contribution in [0.3, 0.4) is 0 Å². The first kappa shape index (κ1) is 15.4. The van der Waals surface area contributed by atoms with E-state index in [-0.39, 0.29) is 5.91 Å². The van der Waals surface area contributed by atoms with Gasteiger partial charge in [-0.3, -0.25) is 4.79 Å². The number of benzene rings is 1. The van der Waals surface area contributed by atoms with Gasteiger partial charge in [0.25, 0.3) is 5.91 Å². The van der Waals surface area contributed by atoms with E-state index in [1.807, 2.05) is 30.3 Å². The number of hydrogen-bond acceptors (Lipinski definition) is 3.